The van der Waals surface area contributed by atoms with Crippen molar-refractivity contribution in [2.75, 3.05) is 13.2 Å². The molecule has 442 valence electrons. The van der Waals surface area contributed by atoms with Crippen LogP contribution in [0.2, 0.25) is 0 Å². The van der Waals surface area contributed by atoms with Crippen molar-refractivity contribution >= 4 is 17.9 Å². The highest BCUT2D eigenvalue weighted by molar-refractivity contribution is 5.71. The predicted octanol–water partition coefficient (Wildman–Crippen LogP) is 23.0. The van der Waals surface area contributed by atoms with Crippen molar-refractivity contribution in [2.45, 2.75) is 386 Å². The fourth-order valence-corrected chi connectivity index (χ4v) is 10.4. The SMILES string of the molecule is CCCCC/C=C\C/C=C\CCCCCCCC(=O)OC(COC(=O)CCCCCCCCCCCCCC)COC(=O)CCCCCCCCCCCCCCCCCCCCCCCCCCCCCCCC. The van der Waals surface area contributed by atoms with Crippen molar-refractivity contribution in [3.05, 3.63) is 24.3 Å². The maximum Gasteiger partial charge on any atom is 0.306 e. The predicted molar refractivity (Wildman–Crippen MR) is 326 cm³/mol. The number of carbonyl (C=O) groups is 3. The van der Waals surface area contributed by atoms with E-state index in [1.807, 2.05) is 0 Å². The van der Waals surface area contributed by atoms with Gasteiger partial charge in [-0.3, -0.25) is 14.4 Å². The first-order valence-electron chi connectivity index (χ1n) is 33.8. The molecule has 0 saturated carbocycles. The Hall–Kier alpha value is -2.11. The molecular formula is C69H130O6. The third kappa shape index (κ3) is 62.6. The summed E-state index contributed by atoms with van der Waals surface area (Å²) in [4.78, 5) is 38.2. The molecule has 0 N–H and O–H groups in total. The zero-order chi connectivity index (χ0) is 54.3. The van der Waals surface area contributed by atoms with Gasteiger partial charge in [0.2, 0.25) is 0 Å². The Morgan fingerprint density at radius 1 is 0.267 bits per heavy atom. The molecule has 1 atom stereocenters. The second-order valence-corrected chi connectivity index (χ2v) is 23.1. The van der Waals surface area contributed by atoms with Gasteiger partial charge in [-0.05, 0) is 51.4 Å². The minimum atomic E-state index is -0.774. The molecule has 6 heteroatoms. The molecule has 0 rings (SSSR count). The van der Waals surface area contributed by atoms with E-state index in [1.165, 1.54) is 263 Å². The Kier molecular flexibility index (Phi) is 62.6. The van der Waals surface area contributed by atoms with Gasteiger partial charge in [0.1, 0.15) is 13.2 Å². The van der Waals surface area contributed by atoms with E-state index in [2.05, 4.69) is 45.1 Å². The summed E-state index contributed by atoms with van der Waals surface area (Å²) in [5, 5.41) is 0. The van der Waals surface area contributed by atoms with E-state index in [-0.39, 0.29) is 31.1 Å². The summed E-state index contributed by atoms with van der Waals surface area (Å²) >= 11 is 0. The molecule has 0 aromatic carbocycles. The maximum atomic E-state index is 12.9. The van der Waals surface area contributed by atoms with Crippen molar-refractivity contribution in [1.29, 1.82) is 0 Å². The molecule has 0 radical (unpaired) electrons. The van der Waals surface area contributed by atoms with E-state index in [1.54, 1.807) is 0 Å². The van der Waals surface area contributed by atoms with Gasteiger partial charge < -0.3 is 14.2 Å². The van der Waals surface area contributed by atoms with Gasteiger partial charge in [-0.2, -0.15) is 0 Å². The lowest BCUT2D eigenvalue weighted by atomic mass is 10.0. The molecule has 0 heterocycles. The zero-order valence-corrected chi connectivity index (χ0v) is 50.8. The first-order chi connectivity index (χ1) is 37.0. The summed E-state index contributed by atoms with van der Waals surface area (Å²) in [6.45, 7) is 6.66. The van der Waals surface area contributed by atoms with Gasteiger partial charge in [0.05, 0.1) is 0 Å². The molecule has 1 unspecified atom stereocenters. The lowest BCUT2D eigenvalue weighted by Crippen LogP contribution is -2.30. The van der Waals surface area contributed by atoms with Crippen LogP contribution in [0.5, 0.6) is 0 Å². The van der Waals surface area contributed by atoms with Crippen LogP contribution in [0.1, 0.15) is 380 Å². The van der Waals surface area contributed by atoms with Crippen LogP contribution >= 0.6 is 0 Å². The van der Waals surface area contributed by atoms with E-state index >= 15 is 0 Å². The molecule has 75 heavy (non-hydrogen) atoms. The van der Waals surface area contributed by atoms with Crippen LogP contribution in [0.4, 0.5) is 0 Å². The number of allylic oxidation sites excluding steroid dienone is 4. The van der Waals surface area contributed by atoms with Crippen LogP contribution in [-0.2, 0) is 28.6 Å². The second-order valence-electron chi connectivity index (χ2n) is 23.1. The summed E-state index contributed by atoms with van der Waals surface area (Å²) in [5.41, 5.74) is 0. The number of carbonyl (C=O) groups excluding carboxylic acids is 3. The van der Waals surface area contributed by atoms with E-state index in [0.717, 1.165) is 77.0 Å². The van der Waals surface area contributed by atoms with E-state index in [4.69, 9.17) is 14.2 Å². The lowest BCUT2D eigenvalue weighted by Gasteiger charge is -2.18. The average Bonchev–Trinajstić information content (AvgIpc) is 3.41. The highest BCUT2D eigenvalue weighted by Gasteiger charge is 2.19. The number of hydrogen-bond acceptors (Lipinski definition) is 6. The largest absolute Gasteiger partial charge is 0.462 e. The molecular weight excluding hydrogens is 925 g/mol. The van der Waals surface area contributed by atoms with Gasteiger partial charge in [-0.15, -0.1) is 0 Å². The molecule has 0 amide bonds. The van der Waals surface area contributed by atoms with Crippen molar-refractivity contribution in [3.63, 3.8) is 0 Å². The van der Waals surface area contributed by atoms with Crippen LogP contribution < -0.4 is 0 Å². The number of esters is 3. The summed E-state index contributed by atoms with van der Waals surface area (Å²) in [6, 6.07) is 0. The summed E-state index contributed by atoms with van der Waals surface area (Å²) in [6.07, 6.45) is 77.9. The lowest BCUT2D eigenvalue weighted by molar-refractivity contribution is -0.167. The number of rotatable bonds is 63. The Balaban J connectivity index is 4.10. The molecule has 6 nitrogen and oxygen atoms in total. The molecule has 0 saturated heterocycles. The van der Waals surface area contributed by atoms with Crippen molar-refractivity contribution in [2.24, 2.45) is 0 Å². The van der Waals surface area contributed by atoms with E-state index < -0.39 is 6.10 Å². The maximum absolute atomic E-state index is 12.9. The standard InChI is InChI=1S/C69H130O6/c1-4-7-10-13-16-19-22-25-27-28-29-30-31-32-33-34-35-36-37-38-39-40-41-43-44-47-50-53-56-59-62-68(71)74-65-66(64-73-67(70)61-58-55-52-49-46-24-21-18-15-12-9-6-3)75-69(72)63-60-57-54-51-48-45-42-26-23-20-17-14-11-8-5-2/h17,20,26,42,66H,4-16,18-19,21-25,27-41,43-65H2,1-3H3/b20-17-,42-26-. The Labute approximate surface area is 468 Å². The summed E-state index contributed by atoms with van der Waals surface area (Å²) in [7, 11) is 0. The van der Waals surface area contributed by atoms with Gasteiger partial charge in [-0.25, -0.2) is 0 Å². The fourth-order valence-electron chi connectivity index (χ4n) is 10.4. The molecule has 0 bridgehead atoms. The third-order valence-electron chi connectivity index (χ3n) is 15.5. The first-order valence-corrected chi connectivity index (χ1v) is 33.8. The molecule has 0 fully saturated rings. The summed E-state index contributed by atoms with van der Waals surface area (Å²) < 4.78 is 16.9. The topological polar surface area (TPSA) is 78.9 Å². The van der Waals surface area contributed by atoms with Crippen LogP contribution in [0, 0.1) is 0 Å². The average molecular weight is 1060 g/mol. The molecule has 0 aliphatic heterocycles. The minimum Gasteiger partial charge on any atom is -0.462 e. The molecule has 0 aliphatic rings. The quantitative estimate of drug-likeness (QED) is 0.0261. The van der Waals surface area contributed by atoms with Crippen molar-refractivity contribution < 1.29 is 28.6 Å². The first kappa shape index (κ1) is 72.9. The van der Waals surface area contributed by atoms with Gasteiger partial charge in [0.25, 0.3) is 0 Å². The van der Waals surface area contributed by atoms with Gasteiger partial charge in [0.15, 0.2) is 6.10 Å². The number of hydrogen-bond donors (Lipinski definition) is 0. The van der Waals surface area contributed by atoms with E-state index in [9.17, 15) is 14.4 Å². The molecule has 0 aromatic rings. The summed E-state index contributed by atoms with van der Waals surface area (Å²) in [5.74, 6) is -0.859. The van der Waals surface area contributed by atoms with Crippen LogP contribution in [0.15, 0.2) is 24.3 Å². The fraction of sp³-hybridized carbons (Fsp3) is 0.899. The Morgan fingerprint density at radius 3 is 0.760 bits per heavy atom. The molecule has 0 spiro atoms. The van der Waals surface area contributed by atoms with Gasteiger partial charge in [-0.1, -0.05) is 334 Å². The zero-order valence-electron chi connectivity index (χ0n) is 50.8. The molecule has 0 aromatic heterocycles. The van der Waals surface area contributed by atoms with Gasteiger partial charge >= 0.3 is 17.9 Å². The number of unbranched alkanes of at least 4 members (excludes halogenated alkanes) is 48. The van der Waals surface area contributed by atoms with Crippen LogP contribution in [-0.4, -0.2) is 37.2 Å². The third-order valence-corrected chi connectivity index (χ3v) is 15.5. The molecule has 0 aliphatic carbocycles. The Bertz CT molecular complexity index is 1210. The van der Waals surface area contributed by atoms with Gasteiger partial charge in [0, 0.05) is 19.3 Å². The van der Waals surface area contributed by atoms with Crippen molar-refractivity contribution in [1.82, 2.24) is 0 Å². The smallest absolute Gasteiger partial charge is 0.306 e. The second kappa shape index (κ2) is 64.4. The normalized spacial score (nSPS) is 12.1. The highest BCUT2D eigenvalue weighted by Crippen LogP contribution is 2.19. The minimum absolute atomic E-state index is 0.0712. The number of ether oxygens (including phenoxy) is 3. The Morgan fingerprint density at radius 2 is 0.480 bits per heavy atom. The monoisotopic (exact) mass is 1050 g/mol. The van der Waals surface area contributed by atoms with Crippen molar-refractivity contribution in [3.8, 4) is 0 Å². The highest BCUT2D eigenvalue weighted by atomic mass is 16.6. The van der Waals surface area contributed by atoms with Crippen LogP contribution in [0.3, 0.4) is 0 Å². The van der Waals surface area contributed by atoms with E-state index in [0.29, 0.717) is 19.3 Å². The van der Waals surface area contributed by atoms with Crippen LogP contribution in [0.25, 0.3) is 0 Å².